The van der Waals surface area contributed by atoms with Crippen molar-refractivity contribution in [3.8, 4) is 5.75 Å². The topological polar surface area (TPSA) is 87.7 Å². The fourth-order valence-electron chi connectivity index (χ4n) is 1.37. The summed E-state index contributed by atoms with van der Waals surface area (Å²) in [4.78, 5) is 21.8. The maximum absolute atomic E-state index is 11.5. The number of rotatable bonds is 6. The van der Waals surface area contributed by atoms with E-state index in [-0.39, 0.29) is 12.5 Å². The minimum atomic E-state index is -0.876. The molecule has 3 N–H and O–H groups in total. The lowest BCUT2D eigenvalue weighted by atomic mass is 10.3. The Balaban J connectivity index is 2.43. The van der Waals surface area contributed by atoms with Crippen molar-refractivity contribution in [1.29, 1.82) is 0 Å². The lowest BCUT2D eigenvalue weighted by molar-refractivity contribution is -0.137. The number of amides is 2. The van der Waals surface area contributed by atoms with Crippen LogP contribution in [0.4, 0.5) is 10.5 Å². The molecule has 0 aliphatic heterocycles. The summed E-state index contributed by atoms with van der Waals surface area (Å²) in [6.45, 7) is 0.309. The van der Waals surface area contributed by atoms with E-state index in [0.717, 1.165) is 4.47 Å². The first-order chi connectivity index (χ1) is 9.01. The summed E-state index contributed by atoms with van der Waals surface area (Å²) in [6, 6.07) is 4.81. The third-order valence-electron chi connectivity index (χ3n) is 2.22. The number of hydrogen-bond donors (Lipinski definition) is 3. The van der Waals surface area contributed by atoms with Gasteiger partial charge in [-0.1, -0.05) is 15.9 Å². The predicted octanol–water partition coefficient (Wildman–Crippen LogP) is 2.44. The van der Waals surface area contributed by atoms with Gasteiger partial charge in [-0.15, -0.1) is 0 Å². The summed E-state index contributed by atoms with van der Waals surface area (Å²) in [5.41, 5.74) is 0.585. The maximum atomic E-state index is 11.5. The van der Waals surface area contributed by atoms with Crippen molar-refractivity contribution in [3.63, 3.8) is 0 Å². The van der Waals surface area contributed by atoms with Gasteiger partial charge in [0.2, 0.25) is 0 Å². The van der Waals surface area contributed by atoms with Crippen molar-refractivity contribution in [1.82, 2.24) is 5.32 Å². The van der Waals surface area contributed by atoms with Crippen LogP contribution in [-0.2, 0) is 4.79 Å². The normalized spacial score (nSPS) is 9.79. The van der Waals surface area contributed by atoms with E-state index in [1.54, 1.807) is 18.2 Å². The first-order valence-electron chi connectivity index (χ1n) is 5.62. The second-order valence-electron chi connectivity index (χ2n) is 3.76. The number of urea groups is 1. The van der Waals surface area contributed by atoms with Crippen LogP contribution in [0.25, 0.3) is 0 Å². The van der Waals surface area contributed by atoms with Crippen molar-refractivity contribution in [2.75, 3.05) is 19.0 Å². The number of methoxy groups -OCH3 is 1. The lowest BCUT2D eigenvalue weighted by Crippen LogP contribution is -2.29. The van der Waals surface area contributed by atoms with Gasteiger partial charge < -0.3 is 20.5 Å². The number of nitrogens with one attached hydrogen (secondary N) is 2. The number of ether oxygens (including phenoxy) is 1. The smallest absolute Gasteiger partial charge is 0.319 e. The molecule has 1 aromatic carbocycles. The molecule has 0 fully saturated rings. The largest absolute Gasteiger partial charge is 0.497 e. The van der Waals surface area contributed by atoms with Crippen molar-refractivity contribution in [2.24, 2.45) is 0 Å². The molecular weight excluding hydrogens is 316 g/mol. The Morgan fingerprint density at radius 2 is 2.11 bits per heavy atom. The van der Waals surface area contributed by atoms with E-state index in [1.807, 2.05) is 0 Å². The van der Waals surface area contributed by atoms with Crippen LogP contribution in [0, 0.1) is 0 Å². The van der Waals surface area contributed by atoms with Crippen LogP contribution in [0.15, 0.2) is 22.7 Å². The molecule has 0 spiro atoms. The Hall–Kier alpha value is -1.76. The molecule has 0 heterocycles. The third kappa shape index (κ3) is 6.10. The summed E-state index contributed by atoms with van der Waals surface area (Å²) < 4.78 is 5.86. The number of hydrogen-bond acceptors (Lipinski definition) is 3. The average Bonchev–Trinajstić information content (AvgIpc) is 2.33. The Bertz CT molecular complexity index is 465. The molecule has 2 amide bonds. The van der Waals surface area contributed by atoms with Gasteiger partial charge in [-0.2, -0.15) is 0 Å². The fraction of sp³-hybridized carbons (Fsp3) is 0.333. The molecule has 6 nitrogen and oxygen atoms in total. The van der Waals surface area contributed by atoms with Crippen LogP contribution in [0.5, 0.6) is 5.75 Å². The highest BCUT2D eigenvalue weighted by molar-refractivity contribution is 9.10. The molecule has 104 valence electrons. The molecule has 0 radical (unpaired) electrons. The van der Waals surface area contributed by atoms with E-state index in [1.165, 1.54) is 7.11 Å². The van der Waals surface area contributed by atoms with Gasteiger partial charge in [-0.3, -0.25) is 4.79 Å². The molecule has 0 aromatic heterocycles. The molecule has 0 atom stereocenters. The maximum Gasteiger partial charge on any atom is 0.319 e. The van der Waals surface area contributed by atoms with E-state index < -0.39 is 5.97 Å². The number of carboxylic acid groups (broad SMARTS) is 1. The molecule has 0 aliphatic rings. The van der Waals surface area contributed by atoms with Crippen molar-refractivity contribution < 1.29 is 19.4 Å². The predicted molar refractivity (Wildman–Crippen MR) is 74.6 cm³/mol. The average molecular weight is 331 g/mol. The first kappa shape index (κ1) is 15.3. The quantitative estimate of drug-likeness (QED) is 0.699. The molecule has 19 heavy (non-hydrogen) atoms. The number of benzene rings is 1. The molecule has 0 saturated carbocycles. The summed E-state index contributed by atoms with van der Waals surface area (Å²) in [6.07, 6.45) is 0.426. The lowest BCUT2D eigenvalue weighted by Gasteiger charge is -2.09. The van der Waals surface area contributed by atoms with Crippen LogP contribution < -0.4 is 15.4 Å². The Morgan fingerprint density at radius 3 is 2.74 bits per heavy atom. The van der Waals surface area contributed by atoms with E-state index >= 15 is 0 Å². The number of carboxylic acids is 1. The Kier molecular flexibility index (Phi) is 6.14. The van der Waals surface area contributed by atoms with E-state index in [9.17, 15) is 9.59 Å². The zero-order valence-corrected chi connectivity index (χ0v) is 12.0. The number of halogens is 1. The van der Waals surface area contributed by atoms with Crippen molar-refractivity contribution in [2.45, 2.75) is 12.8 Å². The van der Waals surface area contributed by atoms with Gasteiger partial charge >= 0.3 is 12.0 Å². The van der Waals surface area contributed by atoms with Crippen LogP contribution in [0.2, 0.25) is 0 Å². The van der Waals surface area contributed by atoms with E-state index in [2.05, 4.69) is 26.6 Å². The van der Waals surface area contributed by atoms with Gasteiger partial charge in [0.15, 0.2) is 0 Å². The second kappa shape index (κ2) is 7.63. The summed E-state index contributed by atoms with van der Waals surface area (Å²) >= 11 is 3.31. The van der Waals surface area contributed by atoms with Gasteiger partial charge in [0.05, 0.1) is 7.11 Å². The second-order valence-corrected chi connectivity index (χ2v) is 4.67. The summed E-state index contributed by atoms with van der Waals surface area (Å²) in [5.74, 6) is -0.255. The molecule has 0 bridgehead atoms. The van der Waals surface area contributed by atoms with Crippen molar-refractivity contribution >= 4 is 33.6 Å². The van der Waals surface area contributed by atoms with Gasteiger partial charge in [-0.05, 0) is 18.6 Å². The fourth-order valence-corrected chi connectivity index (χ4v) is 1.84. The highest BCUT2D eigenvalue weighted by Gasteiger charge is 2.04. The first-order valence-corrected chi connectivity index (χ1v) is 6.42. The summed E-state index contributed by atoms with van der Waals surface area (Å²) in [5, 5.41) is 13.7. The highest BCUT2D eigenvalue weighted by Crippen LogP contribution is 2.24. The van der Waals surface area contributed by atoms with Crippen LogP contribution in [0.3, 0.4) is 0 Å². The molecule has 1 rings (SSSR count). The van der Waals surface area contributed by atoms with Crippen LogP contribution in [0.1, 0.15) is 12.8 Å². The zero-order valence-electron chi connectivity index (χ0n) is 10.4. The number of carbonyl (C=O) groups excluding carboxylic acids is 1. The third-order valence-corrected chi connectivity index (χ3v) is 2.68. The Labute approximate surface area is 119 Å². The van der Waals surface area contributed by atoms with E-state index in [0.29, 0.717) is 24.4 Å². The van der Waals surface area contributed by atoms with E-state index in [4.69, 9.17) is 9.84 Å². The van der Waals surface area contributed by atoms with Gasteiger partial charge in [0.1, 0.15) is 5.75 Å². The van der Waals surface area contributed by atoms with Crippen molar-refractivity contribution in [3.05, 3.63) is 22.7 Å². The molecule has 0 aliphatic carbocycles. The molecule has 7 heteroatoms. The molecule has 1 aromatic rings. The zero-order chi connectivity index (χ0) is 14.3. The number of aliphatic carboxylic acids is 1. The molecular formula is C12H15BrN2O4. The minimum Gasteiger partial charge on any atom is -0.497 e. The molecule has 0 unspecified atom stereocenters. The van der Waals surface area contributed by atoms with Gasteiger partial charge in [-0.25, -0.2) is 4.79 Å². The standard InChI is InChI=1S/C12H15BrN2O4/c1-19-10-6-8(13)5-9(7-10)15-12(18)14-4-2-3-11(16)17/h5-7H,2-4H2,1H3,(H,16,17)(H2,14,15,18). The highest BCUT2D eigenvalue weighted by atomic mass is 79.9. The van der Waals surface area contributed by atoms with Crippen LogP contribution in [-0.4, -0.2) is 30.8 Å². The van der Waals surface area contributed by atoms with Crippen LogP contribution >= 0.6 is 15.9 Å². The number of carbonyl (C=O) groups is 2. The monoisotopic (exact) mass is 330 g/mol. The minimum absolute atomic E-state index is 0.0327. The van der Waals surface area contributed by atoms with Gasteiger partial charge in [0, 0.05) is 29.2 Å². The summed E-state index contributed by atoms with van der Waals surface area (Å²) in [7, 11) is 1.54. The number of anilines is 1. The Morgan fingerprint density at radius 1 is 1.37 bits per heavy atom. The van der Waals surface area contributed by atoms with Gasteiger partial charge in [0.25, 0.3) is 0 Å². The molecule has 0 saturated heterocycles. The SMILES string of the molecule is COc1cc(Br)cc(NC(=O)NCCCC(=O)O)c1.